The van der Waals surface area contributed by atoms with Gasteiger partial charge in [-0.3, -0.25) is 10.1 Å². The van der Waals surface area contributed by atoms with E-state index < -0.39 is 0 Å². The van der Waals surface area contributed by atoms with E-state index in [4.69, 9.17) is 16.9 Å². The number of nitrogens with one attached hydrogen (secondary N) is 1. The van der Waals surface area contributed by atoms with Gasteiger partial charge < -0.3 is 0 Å². The van der Waals surface area contributed by atoms with Crippen molar-refractivity contribution in [2.75, 3.05) is 0 Å². The Morgan fingerprint density at radius 2 is 2.33 bits per heavy atom. The fourth-order valence-electron chi connectivity index (χ4n) is 0.982. The first kappa shape index (κ1) is 7.07. The molecule has 0 saturated carbocycles. The summed E-state index contributed by atoms with van der Waals surface area (Å²) in [5.74, 6) is 0. The van der Waals surface area contributed by atoms with Crippen molar-refractivity contribution in [1.82, 2.24) is 15.2 Å². The van der Waals surface area contributed by atoms with Crippen LogP contribution in [-0.2, 0) is 0 Å². The number of rotatable bonds is 0. The number of fused-ring (bicyclic) bond motifs is 1. The number of hydrogen-bond donors (Lipinski definition) is 1. The summed E-state index contributed by atoms with van der Waals surface area (Å²) in [5, 5.41) is 16.2. The first-order chi connectivity index (χ1) is 5.83. The van der Waals surface area contributed by atoms with Crippen LogP contribution in [0.4, 0.5) is 0 Å². The van der Waals surface area contributed by atoms with Crippen LogP contribution in [-0.4, -0.2) is 15.2 Å². The van der Waals surface area contributed by atoms with Gasteiger partial charge in [-0.1, -0.05) is 11.6 Å². The summed E-state index contributed by atoms with van der Waals surface area (Å²) >= 11 is 5.73. The zero-order valence-electron chi connectivity index (χ0n) is 5.87. The van der Waals surface area contributed by atoms with Gasteiger partial charge in [0.05, 0.1) is 10.9 Å². The molecule has 2 aromatic heterocycles. The van der Waals surface area contributed by atoms with Crippen LogP contribution in [0.3, 0.4) is 0 Å². The van der Waals surface area contributed by atoms with Gasteiger partial charge in [-0.2, -0.15) is 10.4 Å². The average Bonchev–Trinajstić information content (AvgIpc) is 2.48. The van der Waals surface area contributed by atoms with Crippen molar-refractivity contribution in [1.29, 1.82) is 5.26 Å². The quantitative estimate of drug-likeness (QED) is 0.665. The highest BCUT2D eigenvalue weighted by atomic mass is 35.5. The van der Waals surface area contributed by atoms with Crippen molar-refractivity contribution in [3.8, 4) is 6.07 Å². The minimum absolute atomic E-state index is 0.412. The summed E-state index contributed by atoms with van der Waals surface area (Å²) in [6, 6.07) is 1.98. The highest BCUT2D eigenvalue weighted by Crippen LogP contribution is 2.20. The third-order valence-corrected chi connectivity index (χ3v) is 1.83. The maximum atomic E-state index is 8.66. The van der Waals surface area contributed by atoms with Gasteiger partial charge in [0.2, 0.25) is 0 Å². The predicted molar refractivity (Wildman–Crippen MR) is 43.6 cm³/mol. The van der Waals surface area contributed by atoms with E-state index in [9.17, 15) is 0 Å². The molecular weight excluding hydrogens is 176 g/mol. The third kappa shape index (κ3) is 0.840. The van der Waals surface area contributed by atoms with Gasteiger partial charge in [-0.25, -0.2) is 0 Å². The second-order valence-electron chi connectivity index (χ2n) is 2.23. The van der Waals surface area contributed by atoms with Gasteiger partial charge in [0, 0.05) is 12.4 Å². The SMILES string of the molecule is N#Cc1cncc2c(Cl)[nH]nc12. The van der Waals surface area contributed by atoms with Crippen molar-refractivity contribution in [2.45, 2.75) is 0 Å². The van der Waals surface area contributed by atoms with E-state index >= 15 is 0 Å². The van der Waals surface area contributed by atoms with Crippen LogP contribution in [0.15, 0.2) is 12.4 Å². The van der Waals surface area contributed by atoms with E-state index in [1.54, 1.807) is 6.20 Å². The summed E-state index contributed by atoms with van der Waals surface area (Å²) < 4.78 is 0. The molecule has 58 valence electrons. The van der Waals surface area contributed by atoms with E-state index in [1.807, 2.05) is 6.07 Å². The molecule has 2 aromatic rings. The molecule has 0 aliphatic rings. The van der Waals surface area contributed by atoms with Crippen molar-refractivity contribution < 1.29 is 0 Å². The topological polar surface area (TPSA) is 65.4 Å². The Kier molecular flexibility index (Phi) is 1.45. The molecule has 0 amide bonds. The van der Waals surface area contributed by atoms with E-state index in [0.717, 1.165) is 0 Å². The zero-order chi connectivity index (χ0) is 8.55. The van der Waals surface area contributed by atoms with E-state index in [1.165, 1.54) is 6.20 Å². The normalized spacial score (nSPS) is 10.0. The zero-order valence-corrected chi connectivity index (χ0v) is 6.63. The molecule has 1 N–H and O–H groups in total. The largest absolute Gasteiger partial charge is 0.266 e. The summed E-state index contributed by atoms with van der Waals surface area (Å²) in [6.45, 7) is 0. The fraction of sp³-hybridized carbons (Fsp3) is 0. The molecule has 0 aromatic carbocycles. The lowest BCUT2D eigenvalue weighted by Crippen LogP contribution is -1.79. The highest BCUT2D eigenvalue weighted by molar-refractivity contribution is 6.34. The Balaban J connectivity index is 2.92. The molecule has 4 nitrogen and oxygen atoms in total. The molecule has 12 heavy (non-hydrogen) atoms. The summed E-state index contributed by atoms with van der Waals surface area (Å²) in [6.07, 6.45) is 3.03. The molecule has 0 aliphatic carbocycles. The van der Waals surface area contributed by atoms with E-state index in [2.05, 4.69) is 15.2 Å². The van der Waals surface area contributed by atoms with Gasteiger partial charge >= 0.3 is 0 Å². The Morgan fingerprint density at radius 3 is 3.08 bits per heavy atom. The second-order valence-corrected chi connectivity index (χ2v) is 2.61. The molecule has 5 heteroatoms. The van der Waals surface area contributed by atoms with Crippen molar-refractivity contribution >= 4 is 22.5 Å². The van der Waals surface area contributed by atoms with Gasteiger partial charge in [0.15, 0.2) is 0 Å². The van der Waals surface area contributed by atoms with Crippen LogP contribution in [0.25, 0.3) is 10.9 Å². The lowest BCUT2D eigenvalue weighted by atomic mass is 10.2. The molecular formula is C7H3ClN4. The predicted octanol–water partition coefficient (Wildman–Crippen LogP) is 1.48. The molecule has 0 radical (unpaired) electrons. The first-order valence-corrected chi connectivity index (χ1v) is 3.58. The lowest BCUT2D eigenvalue weighted by molar-refractivity contribution is 1.12. The minimum atomic E-state index is 0.412. The van der Waals surface area contributed by atoms with Gasteiger partial charge in [-0.05, 0) is 0 Å². The number of pyridine rings is 1. The Morgan fingerprint density at radius 1 is 1.50 bits per heavy atom. The molecule has 0 bridgehead atoms. The minimum Gasteiger partial charge on any atom is -0.266 e. The maximum Gasteiger partial charge on any atom is 0.133 e. The number of aromatic nitrogens is 3. The van der Waals surface area contributed by atoms with Gasteiger partial charge in [0.25, 0.3) is 0 Å². The van der Waals surface area contributed by atoms with Crippen LogP contribution in [0, 0.1) is 11.3 Å². The first-order valence-electron chi connectivity index (χ1n) is 3.20. The van der Waals surface area contributed by atoms with Gasteiger partial charge in [0.1, 0.15) is 16.7 Å². The van der Waals surface area contributed by atoms with Crippen molar-refractivity contribution in [3.63, 3.8) is 0 Å². The summed E-state index contributed by atoms with van der Waals surface area (Å²) in [5.41, 5.74) is 0.994. The lowest BCUT2D eigenvalue weighted by Gasteiger charge is -1.88. The molecule has 0 aliphatic heterocycles. The number of nitriles is 1. The molecule has 0 unspecified atom stereocenters. The Labute approximate surface area is 72.8 Å². The number of halogens is 1. The van der Waals surface area contributed by atoms with Gasteiger partial charge in [-0.15, -0.1) is 0 Å². The standard InChI is InChI=1S/C7H3ClN4/c8-7-5-3-10-2-4(1-9)6(5)11-12-7/h2-3H,(H,11,12). The number of aromatic amines is 1. The smallest absolute Gasteiger partial charge is 0.133 e. The van der Waals surface area contributed by atoms with E-state index in [-0.39, 0.29) is 0 Å². The van der Waals surface area contributed by atoms with Crippen molar-refractivity contribution in [3.05, 3.63) is 23.1 Å². The molecule has 0 fully saturated rings. The number of hydrogen-bond acceptors (Lipinski definition) is 3. The van der Waals surface area contributed by atoms with Crippen LogP contribution in [0.2, 0.25) is 5.15 Å². The molecule has 2 rings (SSSR count). The van der Waals surface area contributed by atoms with Crippen LogP contribution in [0.1, 0.15) is 5.56 Å². The van der Waals surface area contributed by atoms with Crippen LogP contribution in [0.5, 0.6) is 0 Å². The summed E-state index contributed by atoms with van der Waals surface area (Å²) in [7, 11) is 0. The number of nitrogens with zero attached hydrogens (tertiary/aromatic N) is 3. The number of H-pyrrole nitrogens is 1. The summed E-state index contributed by atoms with van der Waals surface area (Å²) in [4.78, 5) is 3.85. The molecule has 0 atom stereocenters. The fourth-order valence-corrected chi connectivity index (χ4v) is 1.16. The van der Waals surface area contributed by atoms with Crippen LogP contribution < -0.4 is 0 Å². The molecule has 2 heterocycles. The van der Waals surface area contributed by atoms with E-state index in [0.29, 0.717) is 21.6 Å². The average molecular weight is 179 g/mol. The monoisotopic (exact) mass is 178 g/mol. The maximum absolute atomic E-state index is 8.66. The van der Waals surface area contributed by atoms with Crippen LogP contribution >= 0.6 is 11.6 Å². The highest BCUT2D eigenvalue weighted by Gasteiger charge is 2.06. The Bertz CT molecular complexity index is 468. The second kappa shape index (κ2) is 2.47. The molecule has 0 spiro atoms. The third-order valence-electron chi connectivity index (χ3n) is 1.54. The Hall–Kier alpha value is -1.60. The van der Waals surface area contributed by atoms with Crippen molar-refractivity contribution in [2.24, 2.45) is 0 Å². The molecule has 0 saturated heterocycles.